The maximum absolute atomic E-state index is 13.0. The van der Waals surface area contributed by atoms with E-state index in [-0.39, 0.29) is 6.54 Å². The predicted octanol–water partition coefficient (Wildman–Crippen LogP) is 2.52. The number of nitrogens with zero attached hydrogens (tertiary/aromatic N) is 2. The number of aryl methyl sites for hydroxylation is 1. The van der Waals surface area contributed by atoms with Crippen LogP contribution >= 0.6 is 0 Å². The highest BCUT2D eigenvalue weighted by atomic mass is 19.1. The van der Waals surface area contributed by atoms with Gasteiger partial charge in [0.1, 0.15) is 17.3 Å². The zero-order chi connectivity index (χ0) is 18.0. The SMILES string of the molecule is CC1CCCn2cc(C(=O)NCC(C(=O)O)c3ccc(F)cc3)nc21. The third-order valence-corrected chi connectivity index (χ3v) is 4.55. The molecule has 1 aliphatic rings. The summed E-state index contributed by atoms with van der Waals surface area (Å²) in [5.41, 5.74) is 0.735. The van der Waals surface area contributed by atoms with Crippen LogP contribution in [0.25, 0.3) is 0 Å². The monoisotopic (exact) mass is 345 g/mol. The van der Waals surface area contributed by atoms with Crippen molar-refractivity contribution in [1.29, 1.82) is 0 Å². The minimum Gasteiger partial charge on any atom is -0.481 e. The van der Waals surface area contributed by atoms with Crippen LogP contribution in [0.1, 0.15) is 53.5 Å². The van der Waals surface area contributed by atoms with Crippen molar-refractivity contribution in [2.24, 2.45) is 0 Å². The molecule has 132 valence electrons. The molecule has 1 aromatic heterocycles. The molecule has 0 bridgehead atoms. The second-order valence-electron chi connectivity index (χ2n) is 6.37. The average molecular weight is 345 g/mol. The fourth-order valence-electron chi connectivity index (χ4n) is 3.14. The first-order chi connectivity index (χ1) is 12.0. The zero-order valence-corrected chi connectivity index (χ0v) is 13.9. The number of halogens is 1. The molecule has 2 atom stereocenters. The Morgan fingerprint density at radius 3 is 2.76 bits per heavy atom. The van der Waals surface area contributed by atoms with Gasteiger partial charge in [0.05, 0.1) is 5.92 Å². The molecular weight excluding hydrogens is 325 g/mol. The van der Waals surface area contributed by atoms with E-state index in [0.29, 0.717) is 17.2 Å². The maximum atomic E-state index is 13.0. The Morgan fingerprint density at radius 2 is 2.12 bits per heavy atom. The lowest BCUT2D eigenvalue weighted by Crippen LogP contribution is -2.32. The van der Waals surface area contributed by atoms with Gasteiger partial charge in [-0.3, -0.25) is 9.59 Å². The van der Waals surface area contributed by atoms with Crippen molar-refractivity contribution in [2.45, 2.75) is 38.1 Å². The zero-order valence-electron chi connectivity index (χ0n) is 13.9. The first kappa shape index (κ1) is 17.1. The molecule has 1 amide bonds. The van der Waals surface area contributed by atoms with Gasteiger partial charge in [0.25, 0.3) is 5.91 Å². The summed E-state index contributed by atoms with van der Waals surface area (Å²) >= 11 is 0. The van der Waals surface area contributed by atoms with Crippen LogP contribution in [-0.2, 0) is 11.3 Å². The van der Waals surface area contributed by atoms with Crippen LogP contribution in [0.5, 0.6) is 0 Å². The topological polar surface area (TPSA) is 84.2 Å². The summed E-state index contributed by atoms with van der Waals surface area (Å²) in [5.74, 6) is -1.66. The molecule has 1 aliphatic heterocycles. The smallest absolute Gasteiger partial charge is 0.312 e. The van der Waals surface area contributed by atoms with Gasteiger partial charge in [-0.2, -0.15) is 0 Å². The molecular formula is C18H20FN3O3. The van der Waals surface area contributed by atoms with Crippen LogP contribution in [0.3, 0.4) is 0 Å². The van der Waals surface area contributed by atoms with E-state index in [9.17, 15) is 19.1 Å². The van der Waals surface area contributed by atoms with Gasteiger partial charge in [0.15, 0.2) is 0 Å². The summed E-state index contributed by atoms with van der Waals surface area (Å²) in [4.78, 5) is 28.2. The number of benzene rings is 1. The van der Waals surface area contributed by atoms with Gasteiger partial charge in [-0.05, 0) is 30.5 Å². The minimum atomic E-state index is -1.08. The lowest BCUT2D eigenvalue weighted by molar-refractivity contribution is -0.138. The quantitative estimate of drug-likeness (QED) is 0.872. The van der Waals surface area contributed by atoms with Crippen molar-refractivity contribution in [3.63, 3.8) is 0 Å². The van der Waals surface area contributed by atoms with Crippen LogP contribution in [0.2, 0.25) is 0 Å². The molecule has 0 radical (unpaired) electrons. The van der Waals surface area contributed by atoms with E-state index in [1.54, 1.807) is 6.20 Å². The van der Waals surface area contributed by atoms with Crippen molar-refractivity contribution in [3.8, 4) is 0 Å². The summed E-state index contributed by atoms with van der Waals surface area (Å²) in [7, 11) is 0. The van der Waals surface area contributed by atoms with Gasteiger partial charge in [-0.1, -0.05) is 19.1 Å². The first-order valence-corrected chi connectivity index (χ1v) is 8.29. The highest BCUT2D eigenvalue weighted by Crippen LogP contribution is 2.25. The Labute approximate surface area is 144 Å². The molecule has 7 heteroatoms. The predicted molar refractivity (Wildman–Crippen MR) is 89.0 cm³/mol. The molecule has 6 nitrogen and oxygen atoms in total. The molecule has 0 spiro atoms. The largest absolute Gasteiger partial charge is 0.481 e. The number of carboxylic acid groups (broad SMARTS) is 1. The van der Waals surface area contributed by atoms with E-state index >= 15 is 0 Å². The number of fused-ring (bicyclic) bond motifs is 1. The van der Waals surface area contributed by atoms with E-state index in [2.05, 4.69) is 17.2 Å². The number of hydrogen-bond acceptors (Lipinski definition) is 3. The van der Waals surface area contributed by atoms with E-state index in [4.69, 9.17) is 0 Å². The molecule has 0 aliphatic carbocycles. The van der Waals surface area contributed by atoms with Gasteiger partial charge in [-0.15, -0.1) is 0 Å². The Balaban J connectivity index is 1.70. The summed E-state index contributed by atoms with van der Waals surface area (Å²) in [6.45, 7) is 2.83. The fourth-order valence-corrected chi connectivity index (χ4v) is 3.14. The van der Waals surface area contributed by atoms with Crippen molar-refractivity contribution in [1.82, 2.24) is 14.9 Å². The number of carbonyl (C=O) groups is 2. The number of aliphatic carboxylic acids is 1. The maximum Gasteiger partial charge on any atom is 0.312 e. The second-order valence-corrected chi connectivity index (χ2v) is 6.37. The Morgan fingerprint density at radius 1 is 1.40 bits per heavy atom. The number of rotatable bonds is 5. The third kappa shape index (κ3) is 3.70. The first-order valence-electron chi connectivity index (χ1n) is 8.29. The summed E-state index contributed by atoms with van der Waals surface area (Å²) < 4.78 is 15.0. The number of carbonyl (C=O) groups excluding carboxylic acids is 1. The second kappa shape index (κ2) is 7.04. The van der Waals surface area contributed by atoms with E-state index < -0.39 is 23.6 Å². The number of hydrogen-bond donors (Lipinski definition) is 2. The minimum absolute atomic E-state index is 0.0858. The molecule has 2 N–H and O–H groups in total. The molecule has 2 unspecified atom stereocenters. The van der Waals surface area contributed by atoms with Gasteiger partial charge < -0.3 is 15.0 Å². The molecule has 0 fully saturated rings. The lowest BCUT2D eigenvalue weighted by atomic mass is 9.99. The van der Waals surface area contributed by atoms with Crippen molar-refractivity contribution < 1.29 is 19.1 Å². The van der Waals surface area contributed by atoms with Gasteiger partial charge in [0.2, 0.25) is 0 Å². The summed E-state index contributed by atoms with van der Waals surface area (Å²) in [5, 5.41) is 12.0. The Hall–Kier alpha value is -2.70. The summed E-state index contributed by atoms with van der Waals surface area (Å²) in [6.07, 6.45) is 3.81. The number of amides is 1. The number of imidazole rings is 1. The van der Waals surface area contributed by atoms with E-state index in [0.717, 1.165) is 25.2 Å². The van der Waals surface area contributed by atoms with Gasteiger partial charge >= 0.3 is 5.97 Å². The number of nitrogens with one attached hydrogen (secondary N) is 1. The van der Waals surface area contributed by atoms with Crippen LogP contribution in [0.4, 0.5) is 4.39 Å². The molecule has 0 saturated carbocycles. The molecule has 3 rings (SSSR count). The normalized spacial score (nSPS) is 17.6. The number of aromatic nitrogens is 2. The third-order valence-electron chi connectivity index (χ3n) is 4.55. The standard InChI is InChI=1S/C18H20FN3O3/c1-11-3-2-8-22-10-15(21-16(11)22)17(23)20-9-14(18(24)25)12-4-6-13(19)7-5-12/h4-7,10-11,14H,2-3,8-9H2,1H3,(H,20,23)(H,24,25). The van der Waals surface area contributed by atoms with Crippen molar-refractivity contribution >= 4 is 11.9 Å². The van der Waals surface area contributed by atoms with Gasteiger partial charge in [-0.25, -0.2) is 9.37 Å². The molecule has 2 aromatic rings. The van der Waals surface area contributed by atoms with E-state index in [1.165, 1.54) is 24.3 Å². The molecule has 1 aromatic carbocycles. The Kier molecular flexibility index (Phi) is 4.83. The van der Waals surface area contributed by atoms with Crippen LogP contribution in [0.15, 0.2) is 30.5 Å². The number of carboxylic acids is 1. The summed E-state index contributed by atoms with van der Waals surface area (Å²) in [6, 6.07) is 5.24. The van der Waals surface area contributed by atoms with Crippen molar-refractivity contribution in [3.05, 3.63) is 53.4 Å². The van der Waals surface area contributed by atoms with Crippen molar-refractivity contribution in [2.75, 3.05) is 6.54 Å². The van der Waals surface area contributed by atoms with Gasteiger partial charge in [0, 0.05) is 25.2 Å². The Bertz CT molecular complexity index is 785. The molecule has 2 heterocycles. The molecule has 0 saturated heterocycles. The van der Waals surface area contributed by atoms with E-state index in [1.807, 2.05) is 4.57 Å². The fraction of sp³-hybridized carbons (Fsp3) is 0.389. The van der Waals surface area contributed by atoms with Crippen LogP contribution in [-0.4, -0.2) is 33.1 Å². The van der Waals surface area contributed by atoms with Crippen LogP contribution in [0, 0.1) is 5.82 Å². The highest BCUT2D eigenvalue weighted by Gasteiger charge is 2.24. The van der Waals surface area contributed by atoms with Crippen LogP contribution < -0.4 is 5.32 Å². The molecule has 25 heavy (non-hydrogen) atoms. The highest BCUT2D eigenvalue weighted by molar-refractivity contribution is 5.92. The average Bonchev–Trinajstić information content (AvgIpc) is 3.02. The lowest BCUT2D eigenvalue weighted by Gasteiger charge is -2.19.